The van der Waals surface area contributed by atoms with Gasteiger partial charge in [-0.3, -0.25) is 4.79 Å². The summed E-state index contributed by atoms with van der Waals surface area (Å²) in [6, 6.07) is 4.59. The van der Waals surface area contributed by atoms with Crippen molar-refractivity contribution in [3.8, 4) is 0 Å². The van der Waals surface area contributed by atoms with Crippen molar-refractivity contribution in [2.75, 3.05) is 13.1 Å². The largest absolute Gasteiger partial charge is 0.425 e. The van der Waals surface area contributed by atoms with Crippen LogP contribution in [0.3, 0.4) is 0 Å². The van der Waals surface area contributed by atoms with Gasteiger partial charge in [0.05, 0.1) is 11.5 Å². The van der Waals surface area contributed by atoms with E-state index in [4.69, 9.17) is 4.42 Å². The van der Waals surface area contributed by atoms with Gasteiger partial charge in [-0.25, -0.2) is 0 Å². The van der Waals surface area contributed by atoms with E-state index in [1.54, 1.807) is 4.90 Å². The quantitative estimate of drug-likeness (QED) is 0.706. The predicted molar refractivity (Wildman–Crippen MR) is 99.4 cm³/mol. The number of alkyl halides is 3. The molecular weight excluding hydrogens is 383 g/mol. The van der Waals surface area contributed by atoms with Gasteiger partial charge in [0.15, 0.2) is 0 Å². The molecule has 1 unspecified atom stereocenters. The molecule has 0 radical (unpaired) electrons. The molecule has 2 heterocycles. The first kappa shape index (κ1) is 19.9. The van der Waals surface area contributed by atoms with Crippen molar-refractivity contribution >= 4 is 5.91 Å². The van der Waals surface area contributed by atoms with Crippen LogP contribution in [0.25, 0.3) is 0 Å². The van der Waals surface area contributed by atoms with Crippen LogP contribution in [0, 0.1) is 0 Å². The third-order valence-corrected chi connectivity index (χ3v) is 5.91. The number of benzene rings is 1. The summed E-state index contributed by atoms with van der Waals surface area (Å²) >= 11 is 0. The van der Waals surface area contributed by atoms with Crippen LogP contribution < -0.4 is 0 Å². The lowest BCUT2D eigenvalue weighted by atomic mass is 9.89. The fourth-order valence-electron chi connectivity index (χ4n) is 4.30. The average molecular weight is 407 g/mol. The van der Waals surface area contributed by atoms with Gasteiger partial charge >= 0.3 is 6.18 Å². The summed E-state index contributed by atoms with van der Waals surface area (Å²) in [6.45, 7) is 0.885. The van der Waals surface area contributed by atoms with Gasteiger partial charge in [0.2, 0.25) is 11.8 Å². The van der Waals surface area contributed by atoms with Gasteiger partial charge in [-0.1, -0.05) is 25.3 Å². The Morgan fingerprint density at radius 3 is 2.41 bits per heavy atom. The maximum absolute atomic E-state index is 13.0. The van der Waals surface area contributed by atoms with Gasteiger partial charge in [0.1, 0.15) is 0 Å². The Hall–Kier alpha value is -2.38. The van der Waals surface area contributed by atoms with Gasteiger partial charge in [0, 0.05) is 24.6 Å². The number of rotatable bonds is 3. The molecule has 1 saturated heterocycles. The average Bonchev–Trinajstić information content (AvgIpc) is 3.24. The fourth-order valence-corrected chi connectivity index (χ4v) is 4.30. The van der Waals surface area contributed by atoms with Crippen molar-refractivity contribution in [2.45, 2.75) is 63.0 Å². The molecule has 1 aliphatic heterocycles. The summed E-state index contributed by atoms with van der Waals surface area (Å²) < 4.78 is 44.8. The Bertz CT molecular complexity index is 859. The summed E-state index contributed by atoms with van der Waals surface area (Å²) in [7, 11) is 0. The number of likely N-dealkylation sites (tertiary alicyclic amines) is 1. The number of hydrogen-bond acceptors (Lipinski definition) is 4. The highest BCUT2D eigenvalue weighted by Crippen LogP contribution is 2.34. The standard InChI is InChI=1S/C21H24F3N3O2/c22-21(23,24)17-10-4-8-15(12-17)20(28)27-11-5-9-16(13-27)19-26-25-18(29-19)14-6-2-1-3-7-14/h4,8,10,12,14,16H,1-3,5-7,9,11,13H2. The molecule has 2 fully saturated rings. The maximum atomic E-state index is 13.0. The van der Waals surface area contributed by atoms with Crippen molar-refractivity contribution < 1.29 is 22.4 Å². The molecule has 4 rings (SSSR count). The van der Waals surface area contributed by atoms with Crippen LogP contribution in [0.4, 0.5) is 13.2 Å². The zero-order valence-electron chi connectivity index (χ0n) is 16.1. The molecule has 1 amide bonds. The normalized spacial score (nSPS) is 21.3. The number of piperidine rings is 1. The SMILES string of the molecule is O=C(c1cccc(C(F)(F)F)c1)N1CCCC(c2nnc(C3CCCCC3)o2)C1. The minimum atomic E-state index is -4.47. The number of amides is 1. The molecule has 1 saturated carbocycles. The smallest absolute Gasteiger partial charge is 0.416 e. The van der Waals surface area contributed by atoms with E-state index in [9.17, 15) is 18.0 Å². The molecule has 0 N–H and O–H groups in total. The molecule has 1 aromatic carbocycles. The highest BCUT2D eigenvalue weighted by atomic mass is 19.4. The van der Waals surface area contributed by atoms with Crippen LogP contribution in [0.2, 0.25) is 0 Å². The van der Waals surface area contributed by atoms with E-state index in [1.165, 1.54) is 31.4 Å². The Kier molecular flexibility index (Phi) is 5.61. The van der Waals surface area contributed by atoms with Crippen LogP contribution >= 0.6 is 0 Å². The molecule has 8 heteroatoms. The van der Waals surface area contributed by atoms with E-state index in [-0.39, 0.29) is 11.5 Å². The maximum Gasteiger partial charge on any atom is 0.416 e. The molecule has 5 nitrogen and oxygen atoms in total. The Morgan fingerprint density at radius 2 is 1.69 bits per heavy atom. The molecule has 1 aliphatic carbocycles. The molecular formula is C21H24F3N3O2. The molecule has 29 heavy (non-hydrogen) atoms. The summed E-state index contributed by atoms with van der Waals surface area (Å²) in [4.78, 5) is 14.4. The third-order valence-electron chi connectivity index (χ3n) is 5.91. The van der Waals surface area contributed by atoms with E-state index in [2.05, 4.69) is 10.2 Å². The van der Waals surface area contributed by atoms with Crippen LogP contribution in [0.15, 0.2) is 28.7 Å². The highest BCUT2D eigenvalue weighted by molar-refractivity contribution is 5.94. The second kappa shape index (κ2) is 8.16. The minimum Gasteiger partial charge on any atom is -0.425 e. The van der Waals surface area contributed by atoms with Crippen molar-refractivity contribution in [2.24, 2.45) is 0 Å². The first-order valence-electron chi connectivity index (χ1n) is 10.2. The van der Waals surface area contributed by atoms with Gasteiger partial charge in [0.25, 0.3) is 5.91 Å². The molecule has 156 valence electrons. The second-order valence-corrected chi connectivity index (χ2v) is 7.98. The van der Waals surface area contributed by atoms with Crippen molar-refractivity contribution in [3.05, 3.63) is 47.2 Å². The Morgan fingerprint density at radius 1 is 1.00 bits per heavy atom. The number of hydrogen-bond donors (Lipinski definition) is 0. The number of nitrogens with zero attached hydrogens (tertiary/aromatic N) is 3. The Labute approximate surface area is 167 Å². The van der Waals surface area contributed by atoms with Crippen molar-refractivity contribution in [1.82, 2.24) is 15.1 Å². The van der Waals surface area contributed by atoms with Crippen LogP contribution in [-0.4, -0.2) is 34.1 Å². The Balaban J connectivity index is 1.46. The molecule has 2 aromatic rings. The van der Waals surface area contributed by atoms with Gasteiger partial charge in [-0.05, 0) is 43.9 Å². The zero-order valence-corrected chi connectivity index (χ0v) is 16.1. The molecule has 1 aromatic heterocycles. The lowest BCUT2D eigenvalue weighted by Crippen LogP contribution is -2.39. The first-order chi connectivity index (χ1) is 13.9. The van der Waals surface area contributed by atoms with Crippen LogP contribution in [-0.2, 0) is 6.18 Å². The van der Waals surface area contributed by atoms with E-state index in [0.717, 1.165) is 37.8 Å². The summed E-state index contributed by atoms with van der Waals surface area (Å²) in [5.41, 5.74) is -0.764. The van der Waals surface area contributed by atoms with E-state index < -0.39 is 17.6 Å². The minimum absolute atomic E-state index is 0.0499. The molecule has 1 atom stereocenters. The molecule has 2 aliphatic rings. The van der Waals surface area contributed by atoms with E-state index in [1.807, 2.05) is 0 Å². The predicted octanol–water partition coefficient (Wildman–Crippen LogP) is 5.16. The molecule has 0 spiro atoms. The number of aromatic nitrogens is 2. The first-order valence-corrected chi connectivity index (χ1v) is 10.2. The second-order valence-electron chi connectivity index (χ2n) is 7.98. The summed E-state index contributed by atoms with van der Waals surface area (Å²) in [5, 5.41) is 8.46. The summed E-state index contributed by atoms with van der Waals surface area (Å²) in [5.74, 6) is 1.06. The summed E-state index contributed by atoms with van der Waals surface area (Å²) in [6.07, 6.45) is 2.80. The monoisotopic (exact) mass is 407 g/mol. The van der Waals surface area contributed by atoms with Crippen LogP contribution in [0.1, 0.15) is 84.5 Å². The van der Waals surface area contributed by atoms with E-state index in [0.29, 0.717) is 30.8 Å². The third kappa shape index (κ3) is 4.46. The topological polar surface area (TPSA) is 59.2 Å². The fraction of sp³-hybridized carbons (Fsp3) is 0.571. The molecule has 0 bridgehead atoms. The van der Waals surface area contributed by atoms with Crippen molar-refractivity contribution in [3.63, 3.8) is 0 Å². The number of carbonyl (C=O) groups excluding carboxylic acids is 1. The number of halogens is 3. The van der Waals surface area contributed by atoms with E-state index >= 15 is 0 Å². The van der Waals surface area contributed by atoms with Gasteiger partial charge < -0.3 is 9.32 Å². The van der Waals surface area contributed by atoms with Gasteiger partial charge in [-0.2, -0.15) is 13.2 Å². The lowest BCUT2D eigenvalue weighted by molar-refractivity contribution is -0.137. The van der Waals surface area contributed by atoms with Gasteiger partial charge in [-0.15, -0.1) is 10.2 Å². The number of carbonyl (C=O) groups is 1. The lowest BCUT2D eigenvalue weighted by Gasteiger charge is -2.31. The zero-order chi connectivity index (χ0) is 20.4. The van der Waals surface area contributed by atoms with Crippen LogP contribution in [0.5, 0.6) is 0 Å². The highest BCUT2D eigenvalue weighted by Gasteiger charge is 2.33. The van der Waals surface area contributed by atoms with Crippen molar-refractivity contribution in [1.29, 1.82) is 0 Å².